The van der Waals surface area contributed by atoms with Crippen LogP contribution in [0.2, 0.25) is 0 Å². The predicted octanol–water partition coefficient (Wildman–Crippen LogP) is 0.107. The fourth-order valence-corrected chi connectivity index (χ4v) is 6.73. The number of para-hydroxylation sites is 2. The minimum absolute atomic E-state index is 0.0428. The van der Waals surface area contributed by atoms with Gasteiger partial charge in [-0.25, -0.2) is 4.57 Å². The molecule has 2 saturated heterocycles. The van der Waals surface area contributed by atoms with Crippen LogP contribution < -0.4 is 0 Å². The molecule has 0 bridgehead atoms. The average molecular weight is 721 g/mol. The van der Waals surface area contributed by atoms with Crippen LogP contribution in [0.3, 0.4) is 0 Å². The van der Waals surface area contributed by atoms with Crippen LogP contribution in [0.15, 0.2) is 48.5 Å². The maximum atomic E-state index is 14.2. The van der Waals surface area contributed by atoms with Gasteiger partial charge in [0.05, 0.1) is 46.4 Å². The normalized spacial score (nSPS) is 32.9. The topological polar surface area (TPSA) is 300 Å². The van der Waals surface area contributed by atoms with E-state index in [-0.39, 0.29) is 11.1 Å². The first-order valence-corrected chi connectivity index (χ1v) is 16.3. The van der Waals surface area contributed by atoms with Gasteiger partial charge in [-0.1, -0.05) is 24.3 Å². The Morgan fingerprint density at radius 1 is 0.714 bits per heavy atom. The van der Waals surface area contributed by atoms with Crippen LogP contribution in [-0.4, -0.2) is 120 Å². The molecule has 0 spiro atoms. The lowest BCUT2D eigenvalue weighted by Crippen LogP contribution is -2.63. The number of nitro benzene ring substituents is 2. The van der Waals surface area contributed by atoms with E-state index < -0.39 is 116 Å². The Kier molecular flexibility index (Phi) is 12.9. The number of phosphoric acid groups is 1. The number of nitrogens with zero attached hydrogens (tertiary/aromatic N) is 2. The van der Waals surface area contributed by atoms with E-state index in [4.69, 9.17) is 27.8 Å². The molecule has 272 valence electrons. The van der Waals surface area contributed by atoms with Gasteiger partial charge in [0.25, 0.3) is 11.4 Å². The van der Waals surface area contributed by atoms with E-state index in [2.05, 4.69) is 0 Å². The van der Waals surface area contributed by atoms with E-state index in [9.17, 15) is 60.5 Å². The summed E-state index contributed by atoms with van der Waals surface area (Å²) in [6.45, 7) is 0.854. The lowest BCUT2D eigenvalue weighted by molar-refractivity contribution is -0.386. The fraction of sp³-hybridized carbons (Fsp3) is 0.571. The van der Waals surface area contributed by atoms with Gasteiger partial charge in [0, 0.05) is 12.1 Å². The first-order valence-electron chi connectivity index (χ1n) is 14.8. The molecule has 2 heterocycles. The number of benzene rings is 2. The van der Waals surface area contributed by atoms with Crippen LogP contribution in [0.4, 0.5) is 11.4 Å². The second-order valence-electron chi connectivity index (χ2n) is 11.2. The third-order valence-corrected chi connectivity index (χ3v) is 9.51. The predicted molar refractivity (Wildman–Crippen MR) is 160 cm³/mol. The highest BCUT2D eigenvalue weighted by atomic mass is 31.2. The third-order valence-electron chi connectivity index (χ3n) is 7.90. The molecule has 0 saturated carbocycles. The van der Waals surface area contributed by atoms with Gasteiger partial charge in [-0.3, -0.25) is 33.8 Å². The monoisotopic (exact) mass is 720 g/mol. The van der Waals surface area contributed by atoms with Crippen molar-refractivity contribution in [1.82, 2.24) is 0 Å². The Hall–Kier alpha value is -3.05. The molecule has 4 rings (SSSR count). The van der Waals surface area contributed by atoms with E-state index in [1.54, 1.807) is 0 Å². The molecule has 0 aliphatic carbocycles. The van der Waals surface area contributed by atoms with Gasteiger partial charge < -0.3 is 50.0 Å². The summed E-state index contributed by atoms with van der Waals surface area (Å²) in [6, 6.07) is 10.7. The number of phosphoric ester groups is 1. The Balaban J connectivity index is 1.58. The number of ether oxygens (including phenoxy) is 3. The van der Waals surface area contributed by atoms with E-state index >= 15 is 0 Å². The molecular weight excluding hydrogens is 683 g/mol. The van der Waals surface area contributed by atoms with Crippen molar-refractivity contribution in [1.29, 1.82) is 0 Å². The molecule has 2 fully saturated rings. The molecule has 2 aromatic carbocycles. The van der Waals surface area contributed by atoms with Crippen molar-refractivity contribution in [3.8, 4) is 0 Å². The molecular formula is C28H37N2O18P. The minimum Gasteiger partial charge on any atom is -0.394 e. The van der Waals surface area contributed by atoms with E-state index in [1.165, 1.54) is 62.4 Å². The first-order chi connectivity index (χ1) is 23.1. The molecule has 2 aliphatic heterocycles. The number of nitro groups is 2. The van der Waals surface area contributed by atoms with Crippen LogP contribution in [0.25, 0.3) is 0 Å². The summed E-state index contributed by atoms with van der Waals surface area (Å²) in [5.74, 6) is 0. The zero-order valence-electron chi connectivity index (χ0n) is 25.9. The van der Waals surface area contributed by atoms with Crippen molar-refractivity contribution in [2.45, 2.75) is 87.5 Å². The van der Waals surface area contributed by atoms with Crippen molar-refractivity contribution in [2.24, 2.45) is 0 Å². The van der Waals surface area contributed by atoms with Crippen LogP contribution in [0.1, 0.15) is 37.2 Å². The lowest BCUT2D eigenvalue weighted by atomic mass is 9.98. The first kappa shape index (κ1) is 38.7. The van der Waals surface area contributed by atoms with Crippen LogP contribution >= 0.6 is 7.82 Å². The molecule has 2 unspecified atom stereocenters. The minimum atomic E-state index is -4.96. The summed E-state index contributed by atoms with van der Waals surface area (Å²) in [6.07, 6.45) is -21.1. The van der Waals surface area contributed by atoms with Gasteiger partial charge in [0.2, 0.25) is 0 Å². The molecule has 7 N–H and O–H groups in total. The quantitative estimate of drug-likeness (QED) is 0.0773. The Labute approximate surface area is 277 Å². The second-order valence-corrected chi connectivity index (χ2v) is 12.8. The molecule has 2 aromatic rings. The fourth-order valence-electron chi connectivity index (χ4n) is 5.23. The van der Waals surface area contributed by atoms with Crippen molar-refractivity contribution in [3.63, 3.8) is 0 Å². The summed E-state index contributed by atoms with van der Waals surface area (Å²) in [7, 11) is -4.96. The zero-order chi connectivity index (χ0) is 36.2. The largest absolute Gasteiger partial charge is 0.476 e. The summed E-state index contributed by atoms with van der Waals surface area (Å²) in [4.78, 5) is 21.9. The number of hydrogen-bond acceptors (Lipinski definition) is 18. The summed E-state index contributed by atoms with van der Waals surface area (Å²) in [5, 5.41) is 94.9. The van der Waals surface area contributed by atoms with Crippen molar-refractivity contribution >= 4 is 19.2 Å². The molecule has 12 atom stereocenters. The van der Waals surface area contributed by atoms with Crippen molar-refractivity contribution in [3.05, 3.63) is 79.9 Å². The highest BCUT2D eigenvalue weighted by Gasteiger charge is 2.50. The lowest BCUT2D eigenvalue weighted by Gasteiger charge is -2.44. The maximum absolute atomic E-state index is 14.2. The number of aliphatic hydroxyl groups is 7. The van der Waals surface area contributed by atoms with Gasteiger partial charge in [-0.05, 0) is 26.0 Å². The third kappa shape index (κ3) is 8.82. The van der Waals surface area contributed by atoms with E-state index in [0.29, 0.717) is 0 Å². The summed E-state index contributed by atoms with van der Waals surface area (Å²) < 4.78 is 47.1. The smallest absolute Gasteiger partial charge is 0.394 e. The molecule has 21 heteroatoms. The molecule has 49 heavy (non-hydrogen) atoms. The van der Waals surface area contributed by atoms with Crippen LogP contribution in [0.5, 0.6) is 0 Å². The molecule has 20 nitrogen and oxygen atoms in total. The van der Waals surface area contributed by atoms with Crippen LogP contribution in [0, 0.1) is 20.2 Å². The van der Waals surface area contributed by atoms with E-state index in [1.807, 2.05) is 0 Å². The molecule has 0 aromatic heterocycles. The Morgan fingerprint density at radius 3 is 1.55 bits per heavy atom. The average Bonchev–Trinajstić information content (AvgIpc) is 3.07. The molecule has 0 amide bonds. The van der Waals surface area contributed by atoms with Gasteiger partial charge in [-0.2, -0.15) is 0 Å². The highest BCUT2D eigenvalue weighted by molar-refractivity contribution is 7.48. The van der Waals surface area contributed by atoms with Crippen molar-refractivity contribution in [2.75, 3.05) is 13.2 Å². The Morgan fingerprint density at radius 2 is 1.12 bits per heavy atom. The summed E-state index contributed by atoms with van der Waals surface area (Å²) >= 11 is 0. The highest BCUT2D eigenvalue weighted by Crippen LogP contribution is 2.57. The Bertz CT molecular complexity index is 1430. The van der Waals surface area contributed by atoms with Gasteiger partial charge >= 0.3 is 7.82 Å². The van der Waals surface area contributed by atoms with E-state index in [0.717, 1.165) is 0 Å². The number of rotatable bonds is 14. The molecule has 0 radical (unpaired) electrons. The zero-order valence-corrected chi connectivity index (χ0v) is 26.8. The standard InChI is InChI=1S/C28H37N2O18P/c1-13(15-7-3-5-9-17(15)29(38)39)47-49(42,48-14(2)16-8-4-6-10-18(16)30(40)41)43-12-20-22(33)24(35)26(37)28(45-20)46-27-25(36)23(34)21(32)19(11-31)44-27/h3-10,13-14,19-28,31-37H,11-12H2,1-2H3/t13?,14?,19-,20-,21-,22-,23+,24+,25-,26-,27-,28-,49?/m1/s1. The van der Waals surface area contributed by atoms with Gasteiger partial charge in [-0.15, -0.1) is 0 Å². The second kappa shape index (κ2) is 16.3. The van der Waals surface area contributed by atoms with Crippen LogP contribution in [-0.2, 0) is 32.3 Å². The summed E-state index contributed by atoms with van der Waals surface area (Å²) in [5.41, 5.74) is -0.883. The van der Waals surface area contributed by atoms with Gasteiger partial charge in [0.15, 0.2) is 12.6 Å². The van der Waals surface area contributed by atoms with Gasteiger partial charge in [0.1, 0.15) is 48.8 Å². The SMILES string of the molecule is CC(OP(=O)(OC[C@H]1O[C@H](O[C@H]2O[C@H](CO)[C@@H](O)[C@H](O)[C@H]2O)[C@H](O)[C@@H](O)[C@@H]1O)OC(C)c1ccccc1[N+](=O)[O-])c1ccccc1[N+](=O)[O-]. The molecule has 2 aliphatic rings. The van der Waals surface area contributed by atoms with Crippen molar-refractivity contribution < 1.29 is 77.9 Å². The number of hydrogen-bond donors (Lipinski definition) is 7. The number of aliphatic hydroxyl groups excluding tert-OH is 7. The maximum Gasteiger partial charge on any atom is 0.476 e.